The average Bonchev–Trinajstić information content (AvgIpc) is 3.76. The molecule has 256 valence electrons. The van der Waals surface area contributed by atoms with E-state index in [1.807, 2.05) is 49.1 Å². The zero-order valence-corrected chi connectivity index (χ0v) is 29.6. The summed E-state index contributed by atoms with van der Waals surface area (Å²) in [6.07, 6.45) is 15.9. The van der Waals surface area contributed by atoms with Gasteiger partial charge in [0.15, 0.2) is 0 Å². The van der Waals surface area contributed by atoms with E-state index in [1.54, 1.807) is 0 Å². The summed E-state index contributed by atoms with van der Waals surface area (Å²) >= 11 is 0. The van der Waals surface area contributed by atoms with Crippen LogP contribution in [-0.2, 0) is 32.1 Å². The molecule has 0 unspecified atom stereocenters. The first-order valence-electron chi connectivity index (χ1n) is 19.0. The van der Waals surface area contributed by atoms with Gasteiger partial charge in [0.05, 0.1) is 27.9 Å². The molecular weight excluding hydrogens is 661 g/mol. The molecule has 0 radical (unpaired) electrons. The van der Waals surface area contributed by atoms with Crippen LogP contribution in [0, 0.1) is 0 Å². The lowest BCUT2D eigenvalue weighted by Crippen LogP contribution is -2.16. The van der Waals surface area contributed by atoms with Gasteiger partial charge in [-0.15, -0.1) is 0 Å². The zero-order chi connectivity index (χ0) is 35.3. The van der Waals surface area contributed by atoms with Crippen molar-refractivity contribution in [1.82, 2.24) is 29.1 Å². The lowest BCUT2D eigenvalue weighted by Gasteiger charge is -2.31. The molecule has 0 atom stereocenters. The average molecular weight is 695 g/mol. The van der Waals surface area contributed by atoms with Crippen LogP contribution >= 0.6 is 0 Å². The molecule has 3 aliphatic carbocycles. The molecule has 54 heavy (non-hydrogen) atoms. The van der Waals surface area contributed by atoms with Crippen LogP contribution in [0.5, 0.6) is 0 Å². The molecule has 0 amide bonds. The van der Waals surface area contributed by atoms with Crippen LogP contribution in [0.3, 0.4) is 0 Å². The molecule has 6 heteroatoms. The van der Waals surface area contributed by atoms with Crippen LogP contribution < -0.4 is 0 Å². The van der Waals surface area contributed by atoms with Gasteiger partial charge < -0.3 is 0 Å². The van der Waals surface area contributed by atoms with Crippen LogP contribution in [0.1, 0.15) is 45.6 Å². The normalized spacial score (nSPS) is 14.3. The van der Waals surface area contributed by atoms with E-state index in [4.69, 9.17) is 19.9 Å². The Morgan fingerprint density at radius 1 is 0.463 bits per heavy atom. The number of nitrogens with zero attached hydrogens (tertiary/aromatic N) is 6. The number of aryl methyl sites for hydroxylation is 4. The van der Waals surface area contributed by atoms with Crippen LogP contribution in [0.2, 0.25) is 0 Å². The highest BCUT2D eigenvalue weighted by Crippen LogP contribution is 2.51. The Kier molecular flexibility index (Phi) is 6.32. The molecule has 6 aromatic heterocycles. The maximum absolute atomic E-state index is 4.96. The maximum Gasteiger partial charge on any atom is 0.137 e. The van der Waals surface area contributed by atoms with E-state index < -0.39 is 0 Å². The molecule has 3 aromatic carbocycles. The Hall–Kier alpha value is -6.66. The molecule has 0 N–H and O–H groups in total. The fourth-order valence-corrected chi connectivity index (χ4v) is 9.82. The number of rotatable bonds is 4. The molecule has 9 aromatic rings. The second-order valence-corrected chi connectivity index (χ2v) is 14.8. The number of allylic oxidation sites excluding steroid dienone is 1. The summed E-state index contributed by atoms with van der Waals surface area (Å²) < 4.78 is 4.91. The Morgan fingerprint density at radius 3 is 1.72 bits per heavy atom. The molecule has 0 bridgehead atoms. The van der Waals surface area contributed by atoms with Gasteiger partial charge in [0, 0.05) is 57.8 Å². The van der Waals surface area contributed by atoms with Crippen molar-refractivity contribution >= 4 is 44.4 Å². The summed E-state index contributed by atoms with van der Waals surface area (Å²) in [6.45, 7) is 0. The Labute approximate surface area is 312 Å². The number of fused-ring (bicyclic) bond motifs is 8. The van der Waals surface area contributed by atoms with Crippen molar-refractivity contribution in [3.63, 3.8) is 0 Å². The molecular formula is C48H34N6. The second kappa shape index (κ2) is 11.4. The van der Waals surface area contributed by atoms with E-state index in [-0.39, 0.29) is 0 Å². The monoisotopic (exact) mass is 694 g/mol. The maximum atomic E-state index is 4.96. The van der Waals surface area contributed by atoms with Gasteiger partial charge in [-0.05, 0) is 156 Å². The summed E-state index contributed by atoms with van der Waals surface area (Å²) in [7, 11) is 0. The van der Waals surface area contributed by atoms with E-state index in [9.17, 15) is 0 Å². The summed E-state index contributed by atoms with van der Waals surface area (Å²) in [5, 5.41) is 3.89. The fourth-order valence-electron chi connectivity index (χ4n) is 9.82. The topological polar surface area (TPSA) is 61.4 Å². The van der Waals surface area contributed by atoms with Gasteiger partial charge in [0.2, 0.25) is 0 Å². The summed E-state index contributed by atoms with van der Waals surface area (Å²) in [6, 6.07) is 36.7. The summed E-state index contributed by atoms with van der Waals surface area (Å²) in [5.41, 5.74) is 19.6. The third-order valence-electron chi connectivity index (χ3n) is 12.0. The quantitative estimate of drug-likeness (QED) is 0.184. The smallest absolute Gasteiger partial charge is 0.137 e. The first-order chi connectivity index (χ1) is 26.8. The number of hydrogen-bond donors (Lipinski definition) is 0. The Balaban J connectivity index is 1.16. The van der Waals surface area contributed by atoms with Gasteiger partial charge in [-0.3, -0.25) is 19.1 Å². The van der Waals surface area contributed by atoms with Crippen molar-refractivity contribution in [2.45, 2.75) is 38.5 Å². The van der Waals surface area contributed by atoms with Gasteiger partial charge in [-0.25, -0.2) is 9.97 Å². The van der Waals surface area contributed by atoms with E-state index in [0.717, 1.165) is 67.1 Å². The van der Waals surface area contributed by atoms with E-state index in [0.29, 0.717) is 0 Å². The Morgan fingerprint density at radius 2 is 1.07 bits per heavy atom. The van der Waals surface area contributed by atoms with Crippen molar-refractivity contribution in [2.75, 3.05) is 0 Å². The second-order valence-electron chi connectivity index (χ2n) is 14.8. The minimum Gasteiger partial charge on any atom is -0.297 e. The minimum absolute atomic E-state index is 0.945. The molecule has 0 fully saturated rings. The molecule has 0 aliphatic heterocycles. The first-order valence-corrected chi connectivity index (χ1v) is 19.0. The fraction of sp³-hybridized carbons (Fsp3) is 0.125. The van der Waals surface area contributed by atoms with Gasteiger partial charge in [-0.2, -0.15) is 0 Å². The highest BCUT2D eigenvalue weighted by atomic mass is 15.1. The van der Waals surface area contributed by atoms with Crippen molar-refractivity contribution < 1.29 is 0 Å². The molecule has 12 rings (SSSR count). The van der Waals surface area contributed by atoms with E-state index in [1.165, 1.54) is 82.9 Å². The van der Waals surface area contributed by atoms with Gasteiger partial charge >= 0.3 is 0 Å². The Bertz CT molecular complexity index is 3010. The predicted molar refractivity (Wildman–Crippen MR) is 217 cm³/mol. The highest BCUT2D eigenvalue weighted by molar-refractivity contribution is 6.14. The van der Waals surface area contributed by atoms with Crippen molar-refractivity contribution in [1.29, 1.82) is 0 Å². The molecule has 6 heterocycles. The number of aromatic nitrogens is 6. The van der Waals surface area contributed by atoms with Crippen LogP contribution in [0.25, 0.3) is 78.4 Å². The highest BCUT2D eigenvalue weighted by Gasteiger charge is 2.34. The van der Waals surface area contributed by atoms with Crippen molar-refractivity contribution in [2.24, 2.45) is 0 Å². The van der Waals surface area contributed by atoms with Crippen LogP contribution in [-0.4, -0.2) is 29.1 Å². The third-order valence-corrected chi connectivity index (χ3v) is 12.0. The first kappa shape index (κ1) is 29.9. The minimum atomic E-state index is 0.945. The van der Waals surface area contributed by atoms with E-state index in [2.05, 4.69) is 94.1 Å². The van der Waals surface area contributed by atoms with Gasteiger partial charge in [-0.1, -0.05) is 30.3 Å². The van der Waals surface area contributed by atoms with Gasteiger partial charge in [0.1, 0.15) is 11.6 Å². The summed E-state index contributed by atoms with van der Waals surface area (Å²) in [4.78, 5) is 19.3. The predicted octanol–water partition coefficient (Wildman–Crippen LogP) is 10.3. The number of hydrogen-bond acceptors (Lipinski definition) is 4. The van der Waals surface area contributed by atoms with Crippen molar-refractivity contribution in [3.05, 3.63) is 167 Å². The van der Waals surface area contributed by atoms with Crippen LogP contribution in [0.4, 0.5) is 0 Å². The zero-order valence-electron chi connectivity index (χ0n) is 29.6. The lowest BCUT2D eigenvalue weighted by atomic mass is 9.73. The summed E-state index contributed by atoms with van der Waals surface area (Å²) in [5.74, 6) is 1.94. The molecule has 0 saturated heterocycles. The molecule has 0 spiro atoms. The van der Waals surface area contributed by atoms with Crippen molar-refractivity contribution in [3.8, 4) is 34.0 Å². The standard InChI is InChI=1S/C48H34N6/c1-5-21-49-39(9-1)29-15-19-41-35(25-29)37-27-31-13-14-32-28-38-36-26-30(40-10-2-6-22-50-40)16-20-42(36)54(44-12-4-8-24-52-44)48(38)34-18-17-33(45(31)46(32)34)47(37)53(41)43-11-3-7-23-51-43/h1-12,15,19,21-28H,13-14,16-18,20H2. The number of benzene rings is 3. The van der Waals surface area contributed by atoms with Crippen LogP contribution in [0.15, 0.2) is 128 Å². The number of pyridine rings is 4. The largest absolute Gasteiger partial charge is 0.297 e. The van der Waals surface area contributed by atoms with E-state index >= 15 is 0 Å². The lowest BCUT2D eigenvalue weighted by molar-refractivity contribution is 0.859. The van der Waals surface area contributed by atoms with Gasteiger partial charge in [0.25, 0.3) is 0 Å². The molecule has 6 nitrogen and oxygen atoms in total. The molecule has 3 aliphatic rings. The third kappa shape index (κ3) is 4.22. The molecule has 0 saturated carbocycles. The SMILES string of the molecule is C1=C(c2ccccn2)CCc2c1c1cc3c4c(c1n2-c1ccccn1)CCc1c-4c(cc2c4cc(-c5ccccn5)ccc4n(-c4ccccn4)c12)CC3.